The number of nitrogens with one attached hydrogen (secondary N) is 2. The first-order valence-corrected chi connectivity index (χ1v) is 6.01. The fraction of sp³-hybridized carbons (Fsp3) is 0. The van der Waals surface area contributed by atoms with Crippen LogP contribution >= 0.6 is 0 Å². The fourth-order valence-corrected chi connectivity index (χ4v) is 1.76. The van der Waals surface area contributed by atoms with Gasteiger partial charge in [0.2, 0.25) is 0 Å². The number of fused-ring (bicyclic) bond motifs is 1. The number of aromatic amines is 1. The molecule has 0 fully saturated rings. The molecule has 6 nitrogen and oxygen atoms in total. The van der Waals surface area contributed by atoms with E-state index >= 15 is 0 Å². The number of benzene rings is 1. The van der Waals surface area contributed by atoms with E-state index in [1.54, 1.807) is 12.3 Å². The number of hydrogen-bond acceptors (Lipinski definition) is 5. The van der Waals surface area contributed by atoms with Crippen molar-refractivity contribution in [3.05, 3.63) is 64.8 Å². The van der Waals surface area contributed by atoms with Crippen LogP contribution in [0.1, 0.15) is 5.69 Å². The van der Waals surface area contributed by atoms with Crippen LogP contribution in [0.5, 0.6) is 0 Å². The van der Waals surface area contributed by atoms with Crippen molar-refractivity contribution < 1.29 is 0 Å². The van der Waals surface area contributed by atoms with Gasteiger partial charge in [-0.05, 0) is 18.2 Å². The minimum atomic E-state index is -0.422. The normalized spacial score (nSPS) is 11.0. The largest absolute Gasteiger partial charge is 0.346 e. The molecule has 20 heavy (non-hydrogen) atoms. The summed E-state index contributed by atoms with van der Waals surface area (Å²) in [6.45, 7) is 0. The van der Waals surface area contributed by atoms with E-state index in [0.717, 1.165) is 16.6 Å². The lowest BCUT2D eigenvalue weighted by Gasteiger charge is -1.99. The van der Waals surface area contributed by atoms with Crippen molar-refractivity contribution in [1.29, 1.82) is 0 Å². The number of para-hydroxylation sites is 1. The quantitative estimate of drug-likeness (QED) is 0.558. The summed E-state index contributed by atoms with van der Waals surface area (Å²) in [5, 5.41) is 5.10. The molecule has 0 spiro atoms. The van der Waals surface area contributed by atoms with Crippen LogP contribution < -0.4 is 11.1 Å². The molecule has 3 aromatic rings. The van der Waals surface area contributed by atoms with E-state index in [0.29, 0.717) is 5.82 Å². The second-order valence-electron chi connectivity index (χ2n) is 4.09. The molecular weight excluding hydrogens is 254 g/mol. The summed E-state index contributed by atoms with van der Waals surface area (Å²) in [6.07, 6.45) is 3.00. The monoisotopic (exact) mass is 265 g/mol. The third-order valence-corrected chi connectivity index (χ3v) is 2.68. The summed E-state index contributed by atoms with van der Waals surface area (Å²) in [6, 6.07) is 13.3. The van der Waals surface area contributed by atoms with Crippen molar-refractivity contribution in [2.75, 3.05) is 5.43 Å². The van der Waals surface area contributed by atoms with E-state index in [9.17, 15) is 4.79 Å². The number of H-pyrrole nitrogens is 1. The maximum Gasteiger partial charge on any atom is 0.346 e. The molecule has 2 heterocycles. The number of hydrogen-bond donors (Lipinski definition) is 2. The van der Waals surface area contributed by atoms with Gasteiger partial charge in [-0.15, -0.1) is 0 Å². The number of pyridine rings is 1. The number of anilines is 1. The molecule has 0 saturated carbocycles. The Morgan fingerprint density at radius 3 is 2.95 bits per heavy atom. The molecule has 0 saturated heterocycles. The Kier molecular flexibility index (Phi) is 3.20. The number of nitrogens with zero attached hydrogens (tertiary/aromatic N) is 3. The van der Waals surface area contributed by atoms with Crippen molar-refractivity contribution >= 4 is 22.9 Å². The average molecular weight is 265 g/mol. The lowest BCUT2D eigenvalue weighted by molar-refractivity contribution is 1.06. The zero-order chi connectivity index (χ0) is 13.8. The van der Waals surface area contributed by atoms with Crippen LogP contribution in [0, 0.1) is 0 Å². The second kappa shape index (κ2) is 5.31. The molecular formula is C14H11N5O. The first-order valence-electron chi connectivity index (χ1n) is 6.01. The van der Waals surface area contributed by atoms with Crippen molar-refractivity contribution in [3.8, 4) is 0 Å². The van der Waals surface area contributed by atoms with Gasteiger partial charge in [-0.1, -0.05) is 24.3 Å². The molecule has 0 aliphatic rings. The Bertz CT molecular complexity index is 825. The highest BCUT2D eigenvalue weighted by Crippen LogP contribution is 2.10. The average Bonchev–Trinajstić information content (AvgIpc) is 2.47. The molecule has 98 valence electrons. The number of rotatable bonds is 3. The van der Waals surface area contributed by atoms with E-state index in [1.807, 2.05) is 36.4 Å². The smallest absolute Gasteiger partial charge is 0.291 e. The van der Waals surface area contributed by atoms with Crippen molar-refractivity contribution in [2.45, 2.75) is 0 Å². The minimum absolute atomic E-state index is 0.422. The fourth-order valence-electron chi connectivity index (χ4n) is 1.76. The predicted molar refractivity (Wildman–Crippen MR) is 77.8 cm³/mol. The van der Waals surface area contributed by atoms with E-state index in [4.69, 9.17) is 0 Å². The highest BCUT2D eigenvalue weighted by atomic mass is 16.1. The maximum atomic E-state index is 11.0. The summed E-state index contributed by atoms with van der Waals surface area (Å²) < 4.78 is 0. The molecule has 6 heteroatoms. The Balaban J connectivity index is 1.78. The molecule has 3 rings (SSSR count). The highest BCUT2D eigenvalue weighted by molar-refractivity contribution is 5.85. The molecule has 2 aromatic heterocycles. The van der Waals surface area contributed by atoms with Gasteiger partial charge >= 0.3 is 5.69 Å². The van der Waals surface area contributed by atoms with E-state index in [2.05, 4.69) is 25.5 Å². The minimum Gasteiger partial charge on any atom is -0.291 e. The van der Waals surface area contributed by atoms with E-state index < -0.39 is 5.69 Å². The van der Waals surface area contributed by atoms with Crippen LogP contribution in [0.25, 0.3) is 10.9 Å². The number of aromatic nitrogens is 3. The van der Waals surface area contributed by atoms with Gasteiger partial charge in [0.05, 0.1) is 17.4 Å². The van der Waals surface area contributed by atoms with E-state index in [1.165, 1.54) is 6.20 Å². The van der Waals surface area contributed by atoms with Crippen molar-refractivity contribution in [1.82, 2.24) is 15.0 Å². The Hall–Kier alpha value is -3.02. The van der Waals surface area contributed by atoms with Crippen LogP contribution in [0.2, 0.25) is 0 Å². The first kappa shape index (κ1) is 12.0. The third-order valence-electron chi connectivity index (χ3n) is 2.68. The van der Waals surface area contributed by atoms with Crippen LogP contribution in [0.4, 0.5) is 5.82 Å². The molecule has 0 aliphatic heterocycles. The van der Waals surface area contributed by atoms with Crippen molar-refractivity contribution in [2.24, 2.45) is 5.10 Å². The van der Waals surface area contributed by atoms with Gasteiger partial charge in [-0.3, -0.25) is 10.4 Å². The summed E-state index contributed by atoms with van der Waals surface area (Å²) in [4.78, 5) is 21.5. The lowest BCUT2D eigenvalue weighted by Crippen LogP contribution is -2.10. The van der Waals surface area contributed by atoms with Crippen molar-refractivity contribution in [3.63, 3.8) is 0 Å². The molecule has 2 N–H and O–H groups in total. The van der Waals surface area contributed by atoms with E-state index in [-0.39, 0.29) is 0 Å². The van der Waals surface area contributed by atoms with Gasteiger partial charge in [-0.2, -0.15) is 5.10 Å². The second-order valence-corrected chi connectivity index (χ2v) is 4.09. The summed E-state index contributed by atoms with van der Waals surface area (Å²) in [5.74, 6) is 0.474. The third kappa shape index (κ3) is 2.69. The molecule has 0 atom stereocenters. The van der Waals surface area contributed by atoms with Gasteiger partial charge < -0.3 is 0 Å². The Morgan fingerprint density at radius 2 is 2.05 bits per heavy atom. The molecule has 0 radical (unpaired) electrons. The van der Waals surface area contributed by atoms with Crippen LogP contribution in [0.3, 0.4) is 0 Å². The SMILES string of the molecule is O=c1nccc(NN=Cc2ccc3ccccc3n2)[nH]1. The van der Waals surface area contributed by atoms with Gasteiger partial charge in [0.15, 0.2) is 0 Å². The van der Waals surface area contributed by atoms with Gasteiger partial charge in [0.1, 0.15) is 5.82 Å². The molecule has 0 bridgehead atoms. The Labute approximate surface area is 114 Å². The van der Waals surface area contributed by atoms with Gasteiger partial charge in [0, 0.05) is 11.6 Å². The molecule has 0 unspecified atom stereocenters. The zero-order valence-electron chi connectivity index (χ0n) is 10.4. The van der Waals surface area contributed by atoms with Crippen LogP contribution in [0.15, 0.2) is 58.6 Å². The highest BCUT2D eigenvalue weighted by Gasteiger charge is 1.95. The standard InChI is InChI=1S/C14H11N5O/c20-14-15-8-7-13(18-14)19-16-9-11-6-5-10-3-1-2-4-12(10)17-11/h1-9H,(H2,15,18,19,20). The summed E-state index contributed by atoms with van der Waals surface area (Å²) >= 11 is 0. The molecule has 0 aliphatic carbocycles. The molecule has 1 aromatic carbocycles. The summed E-state index contributed by atoms with van der Waals surface area (Å²) in [5.41, 5.74) is 3.93. The van der Waals surface area contributed by atoms with Crippen LogP contribution in [-0.4, -0.2) is 21.2 Å². The zero-order valence-corrected chi connectivity index (χ0v) is 10.4. The summed E-state index contributed by atoms with van der Waals surface area (Å²) in [7, 11) is 0. The maximum absolute atomic E-state index is 11.0. The Morgan fingerprint density at radius 1 is 1.15 bits per heavy atom. The topological polar surface area (TPSA) is 83.0 Å². The lowest BCUT2D eigenvalue weighted by atomic mass is 10.2. The van der Waals surface area contributed by atoms with Gasteiger partial charge in [-0.25, -0.2) is 14.8 Å². The molecule has 0 amide bonds. The first-order chi connectivity index (χ1) is 9.81. The van der Waals surface area contributed by atoms with Crippen LogP contribution in [-0.2, 0) is 0 Å². The predicted octanol–water partition coefficient (Wildman–Crippen LogP) is 1.76. The van der Waals surface area contributed by atoms with Gasteiger partial charge in [0.25, 0.3) is 0 Å². The number of hydrazone groups is 1.